The number of methoxy groups -OCH3 is 1. The first kappa shape index (κ1) is 34.3. The van der Waals surface area contributed by atoms with E-state index in [1.54, 1.807) is 20.8 Å². The van der Waals surface area contributed by atoms with Gasteiger partial charge in [-0.2, -0.15) is 0 Å². The van der Waals surface area contributed by atoms with Gasteiger partial charge in [0.15, 0.2) is 11.6 Å². The summed E-state index contributed by atoms with van der Waals surface area (Å²) >= 11 is 0. The smallest absolute Gasteiger partial charge is 0.316 e. The summed E-state index contributed by atoms with van der Waals surface area (Å²) in [5, 5.41) is 27.5. The number of nitrogens with zero attached hydrogens (tertiary/aromatic N) is 2. The summed E-state index contributed by atoms with van der Waals surface area (Å²) in [5.74, 6) is -5.37. The van der Waals surface area contributed by atoms with Gasteiger partial charge in [0, 0.05) is 25.0 Å². The molecule has 1 saturated carbocycles. The van der Waals surface area contributed by atoms with Gasteiger partial charge in [0.25, 0.3) is 0 Å². The van der Waals surface area contributed by atoms with Crippen molar-refractivity contribution >= 4 is 23.2 Å². The Morgan fingerprint density at radius 2 is 1.60 bits per heavy atom. The number of carbonyl (C=O) groups excluding carboxylic acids is 3. The molecule has 2 N–H and O–H groups in total. The monoisotopic (exact) mass is 568 g/mol. The fraction of sp³-hybridized carbons (Fsp3) is 0.867. The lowest BCUT2D eigenvalue weighted by Gasteiger charge is -2.41. The van der Waals surface area contributed by atoms with Crippen LogP contribution in [0.1, 0.15) is 87.0 Å². The molecule has 1 saturated heterocycles. The van der Waals surface area contributed by atoms with Gasteiger partial charge in [-0.05, 0) is 80.3 Å². The normalized spacial score (nSPS) is 42.0. The third-order valence-corrected chi connectivity index (χ3v) is 9.27. The van der Waals surface area contributed by atoms with E-state index in [1.165, 1.54) is 27.9 Å². The van der Waals surface area contributed by atoms with Crippen LogP contribution in [0.25, 0.3) is 0 Å². The number of aliphatic hydroxyl groups excluding tert-OH is 1. The van der Waals surface area contributed by atoms with Crippen molar-refractivity contribution in [2.45, 2.75) is 123 Å². The van der Waals surface area contributed by atoms with E-state index in [-0.39, 0.29) is 18.9 Å². The van der Waals surface area contributed by atoms with Gasteiger partial charge >= 0.3 is 5.97 Å². The molecular weight excluding hydrogens is 516 g/mol. The Labute approximate surface area is 239 Å². The van der Waals surface area contributed by atoms with E-state index >= 15 is 0 Å². The van der Waals surface area contributed by atoms with Crippen molar-refractivity contribution in [3.8, 4) is 0 Å². The molecule has 0 unspecified atom stereocenters. The van der Waals surface area contributed by atoms with E-state index in [0.29, 0.717) is 11.8 Å². The van der Waals surface area contributed by atoms with Crippen molar-refractivity contribution in [2.75, 3.05) is 21.2 Å². The lowest BCUT2D eigenvalue weighted by Crippen LogP contribution is -2.56. The minimum atomic E-state index is -1.85. The molecule has 8 atom stereocenters. The van der Waals surface area contributed by atoms with Crippen molar-refractivity contribution in [1.29, 1.82) is 0 Å². The molecule has 0 amide bonds. The van der Waals surface area contributed by atoms with Crippen LogP contribution in [0.3, 0.4) is 0 Å². The predicted octanol–water partition coefficient (Wildman–Crippen LogP) is 3.16. The number of Topliss-reactive ketones (excluding diaryl/α,β-unsaturated/α-hetero) is 2. The van der Waals surface area contributed by atoms with Gasteiger partial charge < -0.3 is 29.4 Å². The molecule has 10 heteroatoms. The minimum absolute atomic E-state index is 0.0900. The Morgan fingerprint density at radius 3 is 2.10 bits per heavy atom. The van der Waals surface area contributed by atoms with E-state index in [9.17, 15) is 24.6 Å². The summed E-state index contributed by atoms with van der Waals surface area (Å²) in [4.78, 5) is 48.0. The number of aliphatic hydroxyl groups is 2. The number of ether oxygens (including phenoxy) is 2. The van der Waals surface area contributed by atoms with E-state index in [2.05, 4.69) is 24.2 Å². The SMILES string of the molecule is CC[C@H]1OC(=O)[C@H](C)C(=O)[C@H](C)C(=O)[C@](C)(OC)C[C@@H](C)/C(=N\O[C@H]2CC[C@@H](N(C)C)CC2)[C@H](C)[C@@H](O)[C@]1(C)O. The van der Waals surface area contributed by atoms with Crippen LogP contribution in [0.4, 0.5) is 0 Å². The zero-order valence-electron chi connectivity index (χ0n) is 26.1. The van der Waals surface area contributed by atoms with Crippen molar-refractivity contribution in [1.82, 2.24) is 4.90 Å². The quantitative estimate of drug-likeness (QED) is 0.291. The van der Waals surface area contributed by atoms with Gasteiger partial charge in [-0.1, -0.05) is 25.9 Å². The Kier molecular flexibility index (Phi) is 11.9. The van der Waals surface area contributed by atoms with Crippen LogP contribution in [-0.4, -0.2) is 95.1 Å². The summed E-state index contributed by atoms with van der Waals surface area (Å²) in [7, 11) is 5.55. The van der Waals surface area contributed by atoms with Gasteiger partial charge in [0.05, 0.1) is 17.7 Å². The first-order valence-electron chi connectivity index (χ1n) is 14.7. The molecule has 0 aromatic rings. The van der Waals surface area contributed by atoms with Crippen LogP contribution in [0.15, 0.2) is 5.16 Å². The minimum Gasteiger partial charge on any atom is -0.459 e. The van der Waals surface area contributed by atoms with E-state index in [1.807, 2.05) is 6.92 Å². The largest absolute Gasteiger partial charge is 0.459 e. The third-order valence-electron chi connectivity index (χ3n) is 9.27. The molecule has 0 aromatic heterocycles. The third kappa shape index (κ3) is 7.49. The Hall–Kier alpha value is -1.88. The number of hydrogen-bond donors (Lipinski definition) is 2. The highest BCUT2D eigenvalue weighted by Gasteiger charge is 2.49. The summed E-state index contributed by atoms with van der Waals surface area (Å²) < 4.78 is 11.3. The molecule has 2 fully saturated rings. The molecule has 1 aliphatic carbocycles. The molecular formula is C30H52N2O8. The van der Waals surface area contributed by atoms with E-state index < -0.39 is 64.6 Å². The van der Waals surface area contributed by atoms with Crippen LogP contribution in [0, 0.1) is 23.7 Å². The predicted molar refractivity (Wildman–Crippen MR) is 152 cm³/mol. The second-order valence-electron chi connectivity index (χ2n) is 12.6. The van der Waals surface area contributed by atoms with Crippen LogP contribution >= 0.6 is 0 Å². The van der Waals surface area contributed by atoms with Crippen molar-refractivity contribution in [2.24, 2.45) is 28.8 Å². The number of esters is 1. The molecule has 40 heavy (non-hydrogen) atoms. The maximum Gasteiger partial charge on any atom is 0.316 e. The number of ketones is 2. The first-order chi connectivity index (χ1) is 18.5. The highest BCUT2D eigenvalue weighted by atomic mass is 16.6. The van der Waals surface area contributed by atoms with Crippen LogP contribution in [-0.2, 0) is 28.7 Å². The number of oxime groups is 1. The highest BCUT2D eigenvalue weighted by Crippen LogP contribution is 2.34. The number of hydrogen-bond acceptors (Lipinski definition) is 10. The average molecular weight is 569 g/mol. The number of rotatable bonds is 5. The van der Waals surface area contributed by atoms with Crippen molar-refractivity contribution in [3.63, 3.8) is 0 Å². The molecule has 0 spiro atoms. The first-order valence-corrected chi connectivity index (χ1v) is 14.7. The zero-order chi connectivity index (χ0) is 30.6. The molecule has 0 bridgehead atoms. The average Bonchev–Trinajstić information content (AvgIpc) is 2.92. The van der Waals surface area contributed by atoms with Crippen LogP contribution in [0.2, 0.25) is 0 Å². The van der Waals surface area contributed by atoms with Crippen molar-refractivity contribution < 1.29 is 38.9 Å². The number of carbonyl (C=O) groups is 3. The standard InChI is InChI=1S/C30H52N2O8/c1-11-23-30(7,37)27(35)18(3)24(31-40-22-14-12-21(13-15-22)32(8)9)17(2)16-29(6,38-10)26(34)19(4)25(33)20(5)28(36)39-23/h17-23,27,35,37H,11-16H2,1-10H3/b31-24+/t17-,18+,19+,20-,21-,22+,23-,27-,29-,30-/m1/s1. The lowest BCUT2D eigenvalue weighted by molar-refractivity contribution is -0.186. The van der Waals surface area contributed by atoms with Gasteiger partial charge in [-0.3, -0.25) is 14.4 Å². The Balaban J connectivity index is 2.53. The molecule has 1 heterocycles. The molecule has 2 rings (SSSR count). The van der Waals surface area contributed by atoms with E-state index in [4.69, 9.17) is 14.3 Å². The van der Waals surface area contributed by atoms with Crippen LogP contribution < -0.4 is 0 Å². The summed E-state index contributed by atoms with van der Waals surface area (Å²) in [5.41, 5.74) is -2.76. The molecule has 1 aliphatic heterocycles. The Morgan fingerprint density at radius 1 is 1.02 bits per heavy atom. The summed E-state index contributed by atoms with van der Waals surface area (Å²) in [6.07, 6.45) is 1.42. The van der Waals surface area contributed by atoms with Gasteiger partial charge in [-0.15, -0.1) is 0 Å². The highest BCUT2D eigenvalue weighted by molar-refractivity contribution is 6.11. The maximum atomic E-state index is 13.6. The molecule has 2 aliphatic rings. The van der Waals surface area contributed by atoms with Gasteiger partial charge in [0.2, 0.25) is 0 Å². The van der Waals surface area contributed by atoms with Crippen molar-refractivity contribution in [3.05, 3.63) is 0 Å². The summed E-state index contributed by atoms with van der Waals surface area (Å²) in [6, 6.07) is 0.492. The molecule has 230 valence electrons. The van der Waals surface area contributed by atoms with Gasteiger partial charge in [0.1, 0.15) is 29.3 Å². The zero-order valence-corrected chi connectivity index (χ0v) is 26.1. The number of cyclic esters (lactones) is 1. The van der Waals surface area contributed by atoms with Crippen LogP contribution in [0.5, 0.6) is 0 Å². The molecule has 0 radical (unpaired) electrons. The molecule has 10 nitrogen and oxygen atoms in total. The Bertz CT molecular complexity index is 927. The second-order valence-corrected chi connectivity index (χ2v) is 12.6. The topological polar surface area (TPSA) is 135 Å². The second kappa shape index (κ2) is 13.9. The summed E-state index contributed by atoms with van der Waals surface area (Å²) in [6.45, 7) is 11.2. The molecule has 0 aromatic carbocycles. The lowest BCUT2D eigenvalue weighted by atomic mass is 9.74. The van der Waals surface area contributed by atoms with Gasteiger partial charge in [-0.25, -0.2) is 0 Å². The maximum absolute atomic E-state index is 13.6. The fourth-order valence-corrected chi connectivity index (χ4v) is 6.19. The fourth-order valence-electron chi connectivity index (χ4n) is 6.19. The van der Waals surface area contributed by atoms with E-state index in [0.717, 1.165) is 25.7 Å².